The largest absolute Gasteiger partial charge is 0.495 e. The van der Waals surface area contributed by atoms with E-state index in [9.17, 15) is 14.9 Å². The van der Waals surface area contributed by atoms with Gasteiger partial charge in [-0.15, -0.1) is 0 Å². The molecule has 1 amide bonds. The van der Waals surface area contributed by atoms with Crippen molar-refractivity contribution in [2.24, 2.45) is 0 Å². The molecular weight excluding hydrogens is 296 g/mol. The van der Waals surface area contributed by atoms with Gasteiger partial charge in [0.15, 0.2) is 0 Å². The minimum atomic E-state index is -0.783. The maximum Gasteiger partial charge on any atom is 0.412 e. The van der Waals surface area contributed by atoms with Crippen LogP contribution >= 0.6 is 0 Å². The fourth-order valence-corrected chi connectivity index (χ4v) is 2.47. The van der Waals surface area contributed by atoms with Crippen molar-refractivity contribution >= 4 is 17.6 Å². The maximum atomic E-state index is 11.9. The lowest BCUT2D eigenvalue weighted by Crippen LogP contribution is -2.40. The van der Waals surface area contributed by atoms with Gasteiger partial charge in [0.2, 0.25) is 0 Å². The number of hydrogen-bond acceptors (Lipinski definition) is 5. The predicted octanol–water partition coefficient (Wildman–Crippen LogP) is 3.17. The number of Topliss-reactive ketones (excluding diaryl/α,β-unsaturated/α-hetero) is 1. The van der Waals surface area contributed by atoms with Gasteiger partial charge >= 0.3 is 6.09 Å². The Morgan fingerprint density at radius 2 is 2.00 bits per heavy atom. The number of ether oxygens (including phenoxy) is 2. The number of methoxy groups -OCH3 is 1. The van der Waals surface area contributed by atoms with E-state index in [0.29, 0.717) is 17.0 Å². The van der Waals surface area contributed by atoms with Gasteiger partial charge in [0.05, 0.1) is 24.3 Å². The molecule has 1 aromatic carbocycles. The average Bonchev–Trinajstić information content (AvgIpc) is 2.42. The molecule has 6 heteroatoms. The first kappa shape index (κ1) is 16.8. The zero-order valence-corrected chi connectivity index (χ0v) is 13.7. The highest BCUT2D eigenvalue weighted by Gasteiger charge is 2.45. The molecular formula is C17H20N2O4. The van der Waals surface area contributed by atoms with Crippen molar-refractivity contribution in [1.29, 1.82) is 5.26 Å². The fourth-order valence-electron chi connectivity index (χ4n) is 2.47. The summed E-state index contributed by atoms with van der Waals surface area (Å²) in [6.45, 7) is 5.32. The summed E-state index contributed by atoms with van der Waals surface area (Å²) in [6, 6.07) is 7.28. The number of ketones is 1. The first-order valence-electron chi connectivity index (χ1n) is 7.30. The molecule has 0 aromatic heterocycles. The van der Waals surface area contributed by atoms with Gasteiger partial charge < -0.3 is 9.47 Å². The van der Waals surface area contributed by atoms with Crippen LogP contribution in [0.3, 0.4) is 0 Å². The van der Waals surface area contributed by atoms with Crippen molar-refractivity contribution in [3.05, 3.63) is 23.8 Å². The van der Waals surface area contributed by atoms with E-state index < -0.39 is 17.1 Å². The van der Waals surface area contributed by atoms with Crippen molar-refractivity contribution in [1.82, 2.24) is 0 Å². The Kier molecular flexibility index (Phi) is 4.33. The van der Waals surface area contributed by atoms with Gasteiger partial charge in [0, 0.05) is 12.8 Å². The zero-order valence-electron chi connectivity index (χ0n) is 13.7. The number of amides is 1. The van der Waals surface area contributed by atoms with Crippen molar-refractivity contribution in [2.75, 3.05) is 12.4 Å². The molecule has 1 aromatic rings. The Balaban J connectivity index is 2.22. The number of carbonyl (C=O) groups excluding carboxylic acids is 2. The second kappa shape index (κ2) is 5.92. The molecule has 1 aliphatic carbocycles. The molecule has 0 unspecified atom stereocenters. The van der Waals surface area contributed by atoms with Crippen LogP contribution in [0.2, 0.25) is 0 Å². The number of rotatable bonds is 3. The second-order valence-corrected chi connectivity index (χ2v) is 6.63. The molecule has 1 N–H and O–H groups in total. The molecule has 0 atom stereocenters. The summed E-state index contributed by atoms with van der Waals surface area (Å²) in [4.78, 5) is 23.1. The highest BCUT2D eigenvalue weighted by Crippen LogP contribution is 2.43. The summed E-state index contributed by atoms with van der Waals surface area (Å²) < 4.78 is 10.5. The standard InChI is InChI=1S/C17H20N2O4/c1-16(2,3)23-15(21)19-13-6-5-11(7-14(13)22-4)17(10-18)8-12(20)9-17/h5-7H,8-9H2,1-4H3,(H,19,21). The minimum absolute atomic E-state index is 0.0708. The van der Waals surface area contributed by atoms with Crippen LogP contribution in [0.4, 0.5) is 10.5 Å². The Hall–Kier alpha value is -2.55. The lowest BCUT2D eigenvalue weighted by atomic mass is 9.64. The summed E-state index contributed by atoms with van der Waals surface area (Å²) in [5.41, 5.74) is -0.223. The van der Waals surface area contributed by atoms with Gasteiger partial charge in [-0.2, -0.15) is 5.26 Å². The first-order valence-corrected chi connectivity index (χ1v) is 7.30. The highest BCUT2D eigenvalue weighted by molar-refractivity contribution is 5.91. The van der Waals surface area contributed by atoms with Crippen LogP contribution in [-0.2, 0) is 14.9 Å². The maximum absolute atomic E-state index is 11.9. The van der Waals surface area contributed by atoms with Crippen LogP contribution < -0.4 is 10.1 Å². The molecule has 0 bridgehead atoms. The molecule has 2 rings (SSSR count). The van der Waals surface area contributed by atoms with E-state index in [4.69, 9.17) is 9.47 Å². The number of nitrogens with one attached hydrogen (secondary N) is 1. The smallest absolute Gasteiger partial charge is 0.412 e. The van der Waals surface area contributed by atoms with Gasteiger partial charge in [-0.25, -0.2) is 4.79 Å². The molecule has 0 heterocycles. The van der Waals surface area contributed by atoms with E-state index in [1.54, 1.807) is 39.0 Å². The quantitative estimate of drug-likeness (QED) is 0.925. The topological polar surface area (TPSA) is 88.4 Å². The summed E-state index contributed by atoms with van der Waals surface area (Å²) in [5.74, 6) is 0.490. The van der Waals surface area contributed by atoms with Crippen LogP contribution in [0.25, 0.3) is 0 Å². The number of benzene rings is 1. The Labute approximate surface area is 135 Å². The summed E-state index contributed by atoms with van der Waals surface area (Å²) in [6.07, 6.45) is -0.158. The first-order chi connectivity index (χ1) is 10.7. The molecule has 0 radical (unpaired) electrons. The number of carbonyl (C=O) groups is 2. The van der Waals surface area contributed by atoms with E-state index in [-0.39, 0.29) is 18.6 Å². The number of hydrogen-bond donors (Lipinski definition) is 1. The van der Waals surface area contributed by atoms with Crippen LogP contribution in [-0.4, -0.2) is 24.6 Å². The predicted molar refractivity (Wildman–Crippen MR) is 84.4 cm³/mol. The molecule has 0 saturated heterocycles. The lowest BCUT2D eigenvalue weighted by molar-refractivity contribution is -0.126. The molecule has 1 aliphatic rings. The number of anilines is 1. The third-order valence-electron chi connectivity index (χ3n) is 3.60. The second-order valence-electron chi connectivity index (χ2n) is 6.63. The van der Waals surface area contributed by atoms with Crippen LogP contribution in [0, 0.1) is 11.3 Å². The van der Waals surface area contributed by atoms with Gasteiger partial charge in [0.25, 0.3) is 0 Å². The third kappa shape index (κ3) is 3.62. The van der Waals surface area contributed by atoms with Crippen molar-refractivity contribution in [3.63, 3.8) is 0 Å². The van der Waals surface area contributed by atoms with E-state index >= 15 is 0 Å². The molecule has 1 fully saturated rings. The van der Waals surface area contributed by atoms with Gasteiger partial charge in [0.1, 0.15) is 17.1 Å². The molecule has 0 spiro atoms. The van der Waals surface area contributed by atoms with Crippen molar-refractivity contribution in [3.8, 4) is 11.8 Å². The minimum Gasteiger partial charge on any atom is -0.495 e. The van der Waals surface area contributed by atoms with Gasteiger partial charge in [-0.3, -0.25) is 10.1 Å². The molecule has 1 saturated carbocycles. The van der Waals surface area contributed by atoms with Crippen molar-refractivity contribution in [2.45, 2.75) is 44.6 Å². The third-order valence-corrected chi connectivity index (χ3v) is 3.60. The average molecular weight is 316 g/mol. The van der Waals surface area contributed by atoms with E-state index in [1.807, 2.05) is 0 Å². The fraction of sp³-hybridized carbons (Fsp3) is 0.471. The SMILES string of the molecule is COc1cc(C2(C#N)CC(=O)C2)ccc1NC(=O)OC(C)(C)C. The van der Waals surface area contributed by atoms with E-state index in [0.717, 1.165) is 0 Å². The molecule has 6 nitrogen and oxygen atoms in total. The Morgan fingerprint density at radius 1 is 1.35 bits per heavy atom. The van der Waals surface area contributed by atoms with E-state index in [1.165, 1.54) is 7.11 Å². The summed E-state index contributed by atoms with van der Waals surface area (Å²) in [7, 11) is 1.48. The Bertz CT molecular complexity index is 675. The number of nitrogens with zero attached hydrogens (tertiary/aromatic N) is 1. The highest BCUT2D eigenvalue weighted by atomic mass is 16.6. The monoisotopic (exact) mass is 316 g/mol. The van der Waals surface area contributed by atoms with Crippen LogP contribution in [0.15, 0.2) is 18.2 Å². The van der Waals surface area contributed by atoms with Crippen molar-refractivity contribution < 1.29 is 19.1 Å². The molecule has 23 heavy (non-hydrogen) atoms. The normalized spacial score (nSPS) is 16.0. The van der Waals surface area contributed by atoms with Gasteiger partial charge in [-0.05, 0) is 38.5 Å². The summed E-state index contributed by atoms with van der Waals surface area (Å²) >= 11 is 0. The van der Waals surface area contributed by atoms with Gasteiger partial charge in [-0.1, -0.05) is 6.07 Å². The van der Waals surface area contributed by atoms with E-state index in [2.05, 4.69) is 11.4 Å². The lowest BCUT2D eigenvalue weighted by Gasteiger charge is -2.34. The summed E-state index contributed by atoms with van der Waals surface area (Å²) in [5, 5.41) is 12.0. The molecule has 0 aliphatic heterocycles. The Morgan fingerprint density at radius 3 is 2.48 bits per heavy atom. The van der Waals surface area contributed by atoms with Crippen LogP contribution in [0.1, 0.15) is 39.2 Å². The molecule has 122 valence electrons. The zero-order chi connectivity index (χ0) is 17.3. The number of nitriles is 1. The van der Waals surface area contributed by atoms with Crippen LogP contribution in [0.5, 0.6) is 5.75 Å².